The molecule has 3 rings (SSSR count). The second-order valence-corrected chi connectivity index (χ2v) is 7.07. The molecule has 1 fully saturated rings. The van der Waals surface area contributed by atoms with Gasteiger partial charge in [-0.3, -0.25) is 14.4 Å². The smallest absolute Gasteiger partial charge is 0.269 e. The minimum absolute atomic E-state index is 0.0315. The van der Waals surface area contributed by atoms with Crippen LogP contribution in [0.15, 0.2) is 22.5 Å². The number of thiazole rings is 1. The maximum atomic E-state index is 12.1. The zero-order valence-corrected chi connectivity index (χ0v) is 14.6. The van der Waals surface area contributed by atoms with Gasteiger partial charge >= 0.3 is 0 Å². The fourth-order valence-electron chi connectivity index (χ4n) is 2.91. The molecule has 1 atom stereocenters. The molecule has 7 nitrogen and oxygen atoms in total. The highest BCUT2D eigenvalue weighted by Gasteiger charge is 2.19. The molecule has 1 unspecified atom stereocenters. The molecule has 8 heteroatoms. The fourth-order valence-corrected chi connectivity index (χ4v) is 3.63. The Morgan fingerprint density at radius 3 is 2.76 bits per heavy atom. The van der Waals surface area contributed by atoms with Gasteiger partial charge in [-0.25, -0.2) is 9.98 Å². The number of aliphatic imine (C=N–C) groups is 1. The number of nitrogens with one attached hydrogen (secondary N) is 2. The third kappa shape index (κ3) is 5.06. The van der Waals surface area contributed by atoms with Crippen LogP contribution in [0.5, 0.6) is 0 Å². The largest absolute Gasteiger partial charge is 0.353 e. The molecule has 0 bridgehead atoms. The third-order valence-corrected chi connectivity index (χ3v) is 5.01. The summed E-state index contributed by atoms with van der Waals surface area (Å²) < 4.78 is 0. The number of rotatable bonds is 5. The first-order chi connectivity index (χ1) is 12.1. The van der Waals surface area contributed by atoms with Crippen LogP contribution in [0.1, 0.15) is 37.8 Å². The van der Waals surface area contributed by atoms with E-state index in [4.69, 9.17) is 0 Å². The monoisotopic (exact) mass is 360 g/mol. The molecule has 1 saturated carbocycles. The highest BCUT2D eigenvalue weighted by Crippen LogP contribution is 2.19. The molecular formula is C17H20N4O3S. The number of aromatic nitrogens is 1. The van der Waals surface area contributed by atoms with Crippen LogP contribution in [0, 0.1) is 5.92 Å². The molecule has 132 valence electrons. The maximum Gasteiger partial charge on any atom is 0.269 e. The van der Waals surface area contributed by atoms with Gasteiger partial charge in [0, 0.05) is 23.7 Å². The van der Waals surface area contributed by atoms with E-state index in [0.717, 1.165) is 12.8 Å². The normalized spacial score (nSPS) is 20.5. The van der Waals surface area contributed by atoms with Crippen molar-refractivity contribution in [2.75, 3.05) is 5.32 Å². The van der Waals surface area contributed by atoms with Crippen molar-refractivity contribution in [2.45, 2.75) is 44.6 Å². The lowest BCUT2D eigenvalue weighted by atomic mass is 9.95. The van der Waals surface area contributed by atoms with E-state index in [1.807, 2.05) is 0 Å². The van der Waals surface area contributed by atoms with Crippen LogP contribution in [-0.2, 0) is 20.8 Å². The number of anilines is 1. The Balaban J connectivity index is 1.49. The van der Waals surface area contributed by atoms with E-state index in [0.29, 0.717) is 10.8 Å². The molecule has 0 radical (unpaired) electrons. The highest BCUT2D eigenvalue weighted by molar-refractivity contribution is 7.13. The Bertz CT molecular complexity index is 703. The third-order valence-electron chi connectivity index (χ3n) is 4.21. The van der Waals surface area contributed by atoms with E-state index in [1.54, 1.807) is 5.38 Å². The fraction of sp³-hybridized carbons (Fsp3) is 0.471. The summed E-state index contributed by atoms with van der Waals surface area (Å²) in [4.78, 5) is 43.0. The van der Waals surface area contributed by atoms with E-state index in [2.05, 4.69) is 20.6 Å². The molecule has 1 aliphatic heterocycles. The molecule has 1 aromatic heterocycles. The van der Waals surface area contributed by atoms with Gasteiger partial charge in [-0.2, -0.15) is 0 Å². The summed E-state index contributed by atoms with van der Waals surface area (Å²) in [6, 6.07) is 0.277. The number of carbonyl (C=O) groups excluding carboxylic acids is 3. The quantitative estimate of drug-likeness (QED) is 0.837. The Labute approximate surface area is 149 Å². The zero-order valence-electron chi connectivity index (χ0n) is 13.7. The van der Waals surface area contributed by atoms with Crippen molar-refractivity contribution in [3.8, 4) is 0 Å². The number of carbonyl (C=O) groups is 3. The molecule has 2 N–H and O–H groups in total. The van der Waals surface area contributed by atoms with Crippen LogP contribution in [-0.4, -0.2) is 35.0 Å². The van der Waals surface area contributed by atoms with Crippen LogP contribution in [0.25, 0.3) is 0 Å². The van der Waals surface area contributed by atoms with Gasteiger partial charge in [-0.1, -0.05) is 25.3 Å². The van der Waals surface area contributed by atoms with Gasteiger partial charge in [0.1, 0.15) is 0 Å². The molecule has 1 aromatic rings. The summed E-state index contributed by atoms with van der Waals surface area (Å²) in [6.45, 7) is 0. The second-order valence-electron chi connectivity index (χ2n) is 6.21. The first-order valence-corrected chi connectivity index (χ1v) is 9.29. The average Bonchev–Trinajstić information content (AvgIpc) is 3.03. The van der Waals surface area contributed by atoms with Gasteiger partial charge in [0.15, 0.2) is 5.13 Å². The maximum absolute atomic E-state index is 12.1. The van der Waals surface area contributed by atoms with Crippen molar-refractivity contribution in [1.29, 1.82) is 0 Å². The molecule has 2 aliphatic rings. The van der Waals surface area contributed by atoms with Crippen LogP contribution in [0.2, 0.25) is 0 Å². The average molecular weight is 360 g/mol. The summed E-state index contributed by atoms with van der Waals surface area (Å²) in [5.41, 5.74) is 0.636. The Morgan fingerprint density at radius 1 is 1.24 bits per heavy atom. The lowest BCUT2D eigenvalue weighted by Gasteiger charge is -2.22. The highest BCUT2D eigenvalue weighted by atomic mass is 32.1. The summed E-state index contributed by atoms with van der Waals surface area (Å²) in [5, 5.41) is 7.94. The molecule has 3 amide bonds. The predicted octanol–water partition coefficient (Wildman–Crippen LogP) is 1.86. The van der Waals surface area contributed by atoms with Gasteiger partial charge in [0.2, 0.25) is 11.8 Å². The molecular weight excluding hydrogens is 340 g/mol. The standard InChI is InChI=1S/C17H20N4O3S/c22-14-7-6-11(9-18-14)16(24)21-17-20-13(10-25-17)8-15(23)19-12-4-2-1-3-5-12/h6-7,9-12H,1-5,8H2,(H,19,23)(H,20,21,24). The molecule has 1 aliphatic carbocycles. The lowest BCUT2D eigenvalue weighted by molar-refractivity contribution is -0.121. The summed E-state index contributed by atoms with van der Waals surface area (Å²) in [7, 11) is 0. The number of hydrogen-bond donors (Lipinski definition) is 2. The SMILES string of the molecule is O=C1C=CC(C(=O)Nc2nc(CC(=O)NC3CCCCC3)cs2)C=N1. The van der Waals surface area contributed by atoms with Gasteiger partial charge < -0.3 is 10.6 Å². The van der Waals surface area contributed by atoms with Crippen LogP contribution >= 0.6 is 11.3 Å². The second kappa shape index (κ2) is 8.15. The number of dihydropyridines is 1. The van der Waals surface area contributed by atoms with E-state index in [9.17, 15) is 14.4 Å². The van der Waals surface area contributed by atoms with E-state index >= 15 is 0 Å². The molecule has 0 aromatic carbocycles. The van der Waals surface area contributed by atoms with Crippen LogP contribution < -0.4 is 10.6 Å². The summed E-state index contributed by atoms with van der Waals surface area (Å²) in [6.07, 6.45) is 9.96. The van der Waals surface area contributed by atoms with Crippen molar-refractivity contribution >= 4 is 40.4 Å². The molecule has 25 heavy (non-hydrogen) atoms. The predicted molar refractivity (Wildman–Crippen MR) is 95.6 cm³/mol. The van der Waals surface area contributed by atoms with Crippen molar-refractivity contribution < 1.29 is 14.4 Å². The van der Waals surface area contributed by atoms with Crippen LogP contribution in [0.4, 0.5) is 5.13 Å². The van der Waals surface area contributed by atoms with Gasteiger partial charge in [0.05, 0.1) is 18.0 Å². The van der Waals surface area contributed by atoms with Gasteiger partial charge in [-0.15, -0.1) is 11.3 Å². The summed E-state index contributed by atoms with van der Waals surface area (Å²) in [5.74, 6) is -1.29. The van der Waals surface area contributed by atoms with E-state index < -0.39 is 5.92 Å². The Morgan fingerprint density at radius 2 is 2.04 bits per heavy atom. The van der Waals surface area contributed by atoms with Crippen molar-refractivity contribution in [1.82, 2.24) is 10.3 Å². The molecule has 2 heterocycles. The number of amides is 3. The van der Waals surface area contributed by atoms with Crippen molar-refractivity contribution in [3.05, 3.63) is 23.2 Å². The zero-order chi connectivity index (χ0) is 17.6. The summed E-state index contributed by atoms with van der Waals surface area (Å²) >= 11 is 1.27. The first kappa shape index (κ1) is 17.5. The van der Waals surface area contributed by atoms with Crippen molar-refractivity contribution in [3.63, 3.8) is 0 Å². The topological polar surface area (TPSA) is 101 Å². The molecule has 0 spiro atoms. The van der Waals surface area contributed by atoms with Gasteiger partial charge in [-0.05, 0) is 12.8 Å². The Hall–Kier alpha value is -2.35. The molecule has 0 saturated heterocycles. The Kier molecular flexibility index (Phi) is 5.70. The number of nitrogens with zero attached hydrogens (tertiary/aromatic N) is 2. The van der Waals surface area contributed by atoms with Crippen molar-refractivity contribution in [2.24, 2.45) is 10.9 Å². The van der Waals surface area contributed by atoms with E-state index in [1.165, 1.54) is 49.0 Å². The van der Waals surface area contributed by atoms with Crippen LogP contribution in [0.3, 0.4) is 0 Å². The number of hydrogen-bond acceptors (Lipinski definition) is 5. The lowest BCUT2D eigenvalue weighted by Crippen LogP contribution is -2.37. The van der Waals surface area contributed by atoms with E-state index in [-0.39, 0.29) is 30.2 Å². The first-order valence-electron chi connectivity index (χ1n) is 8.41. The minimum atomic E-state index is -0.584. The van der Waals surface area contributed by atoms with Gasteiger partial charge in [0.25, 0.3) is 5.91 Å². The minimum Gasteiger partial charge on any atom is -0.353 e.